The maximum Gasteiger partial charge on any atom is 0.0212 e. The molecule has 1 unspecified atom stereocenters. The van der Waals surface area contributed by atoms with Gasteiger partial charge in [-0.25, -0.2) is 0 Å². The van der Waals surface area contributed by atoms with Gasteiger partial charge in [-0.15, -0.1) is 0 Å². The van der Waals surface area contributed by atoms with Crippen molar-refractivity contribution >= 4 is 11.8 Å². The molecule has 1 atom stereocenters. The average Bonchev–Trinajstić information content (AvgIpc) is 2.16. The van der Waals surface area contributed by atoms with Crippen LogP contribution in [0.1, 0.15) is 60.8 Å². The van der Waals surface area contributed by atoms with E-state index in [1.54, 1.807) is 0 Å². The van der Waals surface area contributed by atoms with Crippen molar-refractivity contribution in [3.05, 3.63) is 0 Å². The lowest BCUT2D eigenvalue weighted by Gasteiger charge is -2.49. The first-order valence-electron chi connectivity index (χ1n) is 7.73. The van der Waals surface area contributed by atoms with Gasteiger partial charge in [0.15, 0.2) is 0 Å². The summed E-state index contributed by atoms with van der Waals surface area (Å²) in [6.45, 7) is 14.2. The number of hydrogen-bond donors (Lipinski definition) is 2. The van der Waals surface area contributed by atoms with Crippen molar-refractivity contribution in [1.82, 2.24) is 10.6 Å². The Morgan fingerprint density at radius 3 is 2.11 bits per heavy atom. The first-order valence-corrected chi connectivity index (χ1v) is 8.88. The van der Waals surface area contributed by atoms with Crippen LogP contribution >= 0.6 is 11.8 Å². The van der Waals surface area contributed by atoms with Crippen molar-refractivity contribution in [3.8, 4) is 0 Å². The highest BCUT2D eigenvalue weighted by Crippen LogP contribution is 2.36. The fourth-order valence-electron chi connectivity index (χ4n) is 3.93. The highest BCUT2D eigenvalue weighted by molar-refractivity contribution is 7.99. The molecule has 0 aliphatic carbocycles. The molecule has 0 aromatic carbocycles. The minimum Gasteiger partial charge on any atom is -0.310 e. The first kappa shape index (κ1) is 15.7. The topological polar surface area (TPSA) is 24.1 Å². The van der Waals surface area contributed by atoms with Crippen LogP contribution in [0.25, 0.3) is 0 Å². The number of rotatable bonds is 2. The average molecular weight is 285 g/mol. The molecule has 112 valence electrons. The molecule has 2 N–H and O–H groups in total. The van der Waals surface area contributed by atoms with Gasteiger partial charge in [-0.2, -0.15) is 11.8 Å². The van der Waals surface area contributed by atoms with Gasteiger partial charge < -0.3 is 10.6 Å². The molecule has 2 rings (SSSR count). The molecular weight excluding hydrogens is 252 g/mol. The third kappa shape index (κ3) is 4.12. The Kier molecular flexibility index (Phi) is 4.31. The summed E-state index contributed by atoms with van der Waals surface area (Å²) in [4.78, 5) is 0. The molecule has 0 amide bonds. The minimum absolute atomic E-state index is 0.241. The zero-order valence-corrected chi connectivity index (χ0v) is 14.4. The summed E-state index contributed by atoms with van der Waals surface area (Å²) in [5.41, 5.74) is 0.932. The molecule has 2 saturated heterocycles. The zero-order chi connectivity index (χ0) is 14.3. The smallest absolute Gasteiger partial charge is 0.0212 e. The standard InChI is InChI=1S/C16H32N2S/c1-14(2)7-8-19-11-13(14)17-12-9-15(3,4)18-16(5,6)10-12/h12-13,17-18H,7-11H2,1-6H3. The monoisotopic (exact) mass is 284 g/mol. The number of nitrogens with one attached hydrogen (secondary N) is 2. The normalized spacial score (nSPS) is 34.1. The Bertz CT molecular complexity index is 307. The van der Waals surface area contributed by atoms with E-state index in [-0.39, 0.29) is 11.1 Å². The Balaban J connectivity index is 2.02. The number of thioether (sulfide) groups is 1. The zero-order valence-electron chi connectivity index (χ0n) is 13.6. The molecule has 2 aliphatic rings. The van der Waals surface area contributed by atoms with Crippen molar-refractivity contribution in [2.45, 2.75) is 84.0 Å². The van der Waals surface area contributed by atoms with E-state index in [0.29, 0.717) is 17.5 Å². The predicted molar refractivity (Wildman–Crippen MR) is 87.0 cm³/mol. The summed E-state index contributed by atoms with van der Waals surface area (Å²) in [5, 5.41) is 7.77. The summed E-state index contributed by atoms with van der Waals surface area (Å²) < 4.78 is 0. The molecule has 2 heterocycles. The largest absolute Gasteiger partial charge is 0.310 e. The van der Waals surface area contributed by atoms with Gasteiger partial charge in [0.25, 0.3) is 0 Å². The fraction of sp³-hybridized carbons (Fsp3) is 1.00. The van der Waals surface area contributed by atoms with Crippen molar-refractivity contribution in [3.63, 3.8) is 0 Å². The van der Waals surface area contributed by atoms with Gasteiger partial charge in [0, 0.05) is 28.9 Å². The molecule has 0 aromatic rings. The minimum atomic E-state index is 0.241. The predicted octanol–water partition coefficient (Wildman–Crippen LogP) is 3.42. The van der Waals surface area contributed by atoms with E-state index in [4.69, 9.17) is 0 Å². The Morgan fingerprint density at radius 1 is 1.00 bits per heavy atom. The summed E-state index contributed by atoms with van der Waals surface area (Å²) in [5.74, 6) is 2.60. The first-order chi connectivity index (χ1) is 8.60. The highest BCUT2D eigenvalue weighted by Gasteiger charge is 2.40. The van der Waals surface area contributed by atoms with E-state index in [1.807, 2.05) is 0 Å². The van der Waals surface area contributed by atoms with Gasteiger partial charge in [-0.1, -0.05) is 13.8 Å². The number of piperidine rings is 1. The van der Waals surface area contributed by atoms with Crippen LogP contribution in [0.5, 0.6) is 0 Å². The molecule has 0 radical (unpaired) electrons. The second-order valence-electron chi connectivity index (χ2n) is 8.53. The van der Waals surface area contributed by atoms with E-state index in [9.17, 15) is 0 Å². The molecule has 2 fully saturated rings. The number of hydrogen-bond acceptors (Lipinski definition) is 3. The summed E-state index contributed by atoms with van der Waals surface area (Å²) >= 11 is 2.12. The van der Waals surface area contributed by atoms with Crippen molar-refractivity contribution in [2.75, 3.05) is 11.5 Å². The van der Waals surface area contributed by atoms with Gasteiger partial charge in [0.2, 0.25) is 0 Å². The molecule has 19 heavy (non-hydrogen) atoms. The van der Waals surface area contributed by atoms with Crippen molar-refractivity contribution < 1.29 is 0 Å². The van der Waals surface area contributed by atoms with E-state index in [0.717, 1.165) is 0 Å². The van der Waals surface area contributed by atoms with Gasteiger partial charge >= 0.3 is 0 Å². The van der Waals surface area contributed by atoms with Crippen LogP contribution in [0.2, 0.25) is 0 Å². The van der Waals surface area contributed by atoms with Crippen molar-refractivity contribution in [2.24, 2.45) is 5.41 Å². The van der Waals surface area contributed by atoms with Crippen LogP contribution in [0.3, 0.4) is 0 Å². The molecule has 0 bridgehead atoms. The third-order valence-corrected chi connectivity index (χ3v) is 5.81. The molecule has 0 saturated carbocycles. The maximum atomic E-state index is 4.00. The highest BCUT2D eigenvalue weighted by atomic mass is 32.2. The maximum absolute atomic E-state index is 4.00. The molecular formula is C16H32N2S. The lowest BCUT2D eigenvalue weighted by molar-refractivity contribution is 0.121. The lowest BCUT2D eigenvalue weighted by Crippen LogP contribution is -2.64. The van der Waals surface area contributed by atoms with Gasteiger partial charge in [-0.05, 0) is 58.1 Å². The van der Waals surface area contributed by atoms with E-state index < -0.39 is 0 Å². The lowest BCUT2D eigenvalue weighted by atomic mass is 9.77. The SMILES string of the molecule is CC1(C)CC(NC2CSCCC2(C)C)CC(C)(C)N1. The van der Waals surface area contributed by atoms with Crippen LogP contribution < -0.4 is 10.6 Å². The van der Waals surface area contributed by atoms with Crippen LogP contribution in [0.15, 0.2) is 0 Å². The van der Waals surface area contributed by atoms with Crippen LogP contribution in [0, 0.1) is 5.41 Å². The Hall–Kier alpha value is 0.270. The fourth-order valence-corrected chi connectivity index (χ4v) is 5.55. The second-order valence-corrected chi connectivity index (χ2v) is 9.68. The quantitative estimate of drug-likeness (QED) is 0.812. The van der Waals surface area contributed by atoms with Crippen LogP contribution in [0.4, 0.5) is 0 Å². The van der Waals surface area contributed by atoms with Crippen molar-refractivity contribution in [1.29, 1.82) is 0 Å². The summed E-state index contributed by atoms with van der Waals surface area (Å²) in [6.07, 6.45) is 3.80. The summed E-state index contributed by atoms with van der Waals surface area (Å²) in [7, 11) is 0. The third-order valence-electron chi connectivity index (χ3n) is 4.75. The Labute approximate surface area is 123 Å². The molecule has 2 aliphatic heterocycles. The van der Waals surface area contributed by atoms with Crippen LogP contribution in [-0.4, -0.2) is 34.7 Å². The van der Waals surface area contributed by atoms with E-state index in [2.05, 4.69) is 63.9 Å². The van der Waals surface area contributed by atoms with E-state index in [1.165, 1.54) is 30.8 Å². The van der Waals surface area contributed by atoms with Gasteiger partial charge in [0.05, 0.1) is 0 Å². The summed E-state index contributed by atoms with van der Waals surface area (Å²) in [6, 6.07) is 1.31. The van der Waals surface area contributed by atoms with Gasteiger partial charge in [0.1, 0.15) is 0 Å². The van der Waals surface area contributed by atoms with Gasteiger partial charge in [-0.3, -0.25) is 0 Å². The van der Waals surface area contributed by atoms with Crippen LogP contribution in [-0.2, 0) is 0 Å². The second kappa shape index (κ2) is 5.23. The molecule has 2 nitrogen and oxygen atoms in total. The van der Waals surface area contributed by atoms with E-state index >= 15 is 0 Å². The molecule has 0 spiro atoms. The molecule has 3 heteroatoms. The Morgan fingerprint density at radius 2 is 1.58 bits per heavy atom. The molecule has 0 aromatic heterocycles.